The molecule has 1 aromatic carbocycles. The molecule has 0 aromatic heterocycles. The number of aryl methyl sites for hydroxylation is 2. The minimum Gasteiger partial charge on any atom is -0.0847 e. The van der Waals surface area contributed by atoms with Gasteiger partial charge in [-0.1, -0.05) is 60.1 Å². The molecule has 1 aliphatic carbocycles. The zero-order chi connectivity index (χ0) is 13.0. The second kappa shape index (κ2) is 6.04. The number of hydrogen-bond acceptors (Lipinski definition) is 0. The highest BCUT2D eigenvalue weighted by molar-refractivity contribution is 5.52. The van der Waals surface area contributed by atoms with Gasteiger partial charge in [0.15, 0.2) is 0 Å². The van der Waals surface area contributed by atoms with E-state index in [1.165, 1.54) is 42.4 Å². The lowest BCUT2D eigenvalue weighted by atomic mass is 9.90. The van der Waals surface area contributed by atoms with Crippen molar-refractivity contribution in [2.24, 2.45) is 5.92 Å². The van der Waals surface area contributed by atoms with Gasteiger partial charge in [-0.05, 0) is 51.0 Å². The van der Waals surface area contributed by atoms with Crippen LogP contribution in [0.3, 0.4) is 0 Å². The molecule has 0 saturated carbocycles. The molecule has 1 aromatic rings. The molecule has 0 saturated heterocycles. The maximum absolute atomic E-state index is 2.44. The fraction of sp³-hybridized carbons (Fsp3) is 0.444. The van der Waals surface area contributed by atoms with Crippen molar-refractivity contribution in [2.75, 3.05) is 0 Å². The van der Waals surface area contributed by atoms with Crippen LogP contribution in [-0.4, -0.2) is 0 Å². The molecule has 0 aliphatic heterocycles. The van der Waals surface area contributed by atoms with Crippen molar-refractivity contribution in [3.05, 3.63) is 52.6 Å². The third-order valence-corrected chi connectivity index (χ3v) is 3.73. The van der Waals surface area contributed by atoms with E-state index in [1.807, 2.05) is 0 Å². The molecule has 0 nitrogen and oxygen atoms in total. The number of benzene rings is 1. The van der Waals surface area contributed by atoms with Gasteiger partial charge in [-0.2, -0.15) is 0 Å². The zero-order valence-electron chi connectivity index (χ0n) is 11.9. The van der Waals surface area contributed by atoms with Crippen LogP contribution in [0, 0.1) is 19.8 Å². The number of hydrogen-bond donors (Lipinski definition) is 0. The molecule has 0 bridgehead atoms. The molecule has 0 fully saturated rings. The van der Waals surface area contributed by atoms with Crippen molar-refractivity contribution < 1.29 is 0 Å². The second-order valence-corrected chi connectivity index (χ2v) is 5.59. The Morgan fingerprint density at radius 2 is 1.78 bits per heavy atom. The molecular weight excluding hydrogens is 216 g/mol. The Morgan fingerprint density at radius 1 is 1.06 bits per heavy atom. The van der Waals surface area contributed by atoms with Crippen molar-refractivity contribution in [1.82, 2.24) is 0 Å². The van der Waals surface area contributed by atoms with Crippen LogP contribution in [0.4, 0.5) is 0 Å². The maximum Gasteiger partial charge on any atom is -0.00483 e. The molecule has 0 N–H and O–H groups in total. The summed E-state index contributed by atoms with van der Waals surface area (Å²) in [6.07, 6.45) is 12.4. The quantitative estimate of drug-likeness (QED) is 0.616. The Balaban J connectivity index is 2.07. The van der Waals surface area contributed by atoms with Gasteiger partial charge in [-0.15, -0.1) is 0 Å². The Morgan fingerprint density at radius 3 is 2.39 bits per heavy atom. The summed E-state index contributed by atoms with van der Waals surface area (Å²) in [5.41, 5.74) is 5.65. The van der Waals surface area contributed by atoms with Crippen molar-refractivity contribution >= 4 is 6.08 Å². The summed E-state index contributed by atoms with van der Waals surface area (Å²) in [6.45, 7) is 6.64. The van der Waals surface area contributed by atoms with Crippen molar-refractivity contribution in [2.45, 2.75) is 46.5 Å². The first-order chi connectivity index (χ1) is 8.65. The molecule has 0 unspecified atom stereocenters. The van der Waals surface area contributed by atoms with Crippen LogP contribution in [0.5, 0.6) is 0 Å². The van der Waals surface area contributed by atoms with Crippen LogP contribution in [0.25, 0.3) is 6.08 Å². The summed E-state index contributed by atoms with van der Waals surface area (Å²) >= 11 is 0. The first-order valence-corrected chi connectivity index (χ1v) is 7.10. The molecule has 18 heavy (non-hydrogen) atoms. The average Bonchev–Trinajstić information content (AvgIpc) is 2.36. The van der Waals surface area contributed by atoms with Crippen LogP contribution in [0.1, 0.15) is 49.3 Å². The summed E-state index contributed by atoms with van der Waals surface area (Å²) in [5, 5.41) is 0. The van der Waals surface area contributed by atoms with E-state index in [4.69, 9.17) is 0 Å². The maximum atomic E-state index is 2.44. The molecule has 0 heteroatoms. The van der Waals surface area contributed by atoms with E-state index < -0.39 is 0 Å². The lowest BCUT2D eigenvalue weighted by molar-refractivity contribution is 0.648. The largest absolute Gasteiger partial charge is 0.0847 e. The molecule has 2 rings (SSSR count). The van der Waals surface area contributed by atoms with Crippen LogP contribution in [-0.2, 0) is 0 Å². The molecule has 1 atom stereocenters. The fourth-order valence-electron chi connectivity index (χ4n) is 2.76. The SMILES string of the molecule is Cc1cc(C)cc(/C=C/[C@@H](C)C2=CCCCC2)c1. The lowest BCUT2D eigenvalue weighted by Crippen LogP contribution is -2.00. The predicted molar refractivity (Wildman–Crippen MR) is 80.7 cm³/mol. The van der Waals surface area contributed by atoms with E-state index in [1.54, 1.807) is 5.57 Å². The van der Waals surface area contributed by atoms with Crippen molar-refractivity contribution in [3.8, 4) is 0 Å². The molecule has 1 aliphatic rings. The normalized spacial score (nSPS) is 17.8. The van der Waals surface area contributed by atoms with Gasteiger partial charge < -0.3 is 0 Å². The highest BCUT2D eigenvalue weighted by Crippen LogP contribution is 2.25. The number of rotatable bonds is 3. The van der Waals surface area contributed by atoms with E-state index in [9.17, 15) is 0 Å². The standard InChI is InChI=1S/C18H24/c1-14-11-15(2)13-17(12-14)10-9-16(3)18-7-5-4-6-8-18/h7,9-13,16H,4-6,8H2,1-3H3/b10-9+/t16-/m1/s1. The molecule has 0 spiro atoms. The molecule has 0 radical (unpaired) electrons. The van der Waals surface area contributed by atoms with Gasteiger partial charge in [0.05, 0.1) is 0 Å². The van der Waals surface area contributed by atoms with Crippen LogP contribution >= 0.6 is 0 Å². The molecule has 0 heterocycles. The number of allylic oxidation sites excluding steroid dienone is 3. The average molecular weight is 240 g/mol. The molecular formula is C18H24. The van der Waals surface area contributed by atoms with Crippen LogP contribution in [0.15, 0.2) is 35.9 Å². The third-order valence-electron chi connectivity index (χ3n) is 3.73. The summed E-state index contributed by atoms with van der Waals surface area (Å²) in [6, 6.07) is 6.74. The first kappa shape index (κ1) is 13.1. The van der Waals surface area contributed by atoms with E-state index in [-0.39, 0.29) is 0 Å². The summed E-state index contributed by atoms with van der Waals surface area (Å²) < 4.78 is 0. The van der Waals surface area contributed by atoms with E-state index in [0.717, 1.165) is 0 Å². The van der Waals surface area contributed by atoms with Gasteiger partial charge in [0.25, 0.3) is 0 Å². The van der Waals surface area contributed by atoms with Gasteiger partial charge in [0.2, 0.25) is 0 Å². The fourth-order valence-corrected chi connectivity index (χ4v) is 2.76. The summed E-state index contributed by atoms with van der Waals surface area (Å²) in [7, 11) is 0. The van der Waals surface area contributed by atoms with E-state index >= 15 is 0 Å². The second-order valence-electron chi connectivity index (χ2n) is 5.59. The smallest absolute Gasteiger partial charge is 0.00483 e. The molecule has 0 amide bonds. The van der Waals surface area contributed by atoms with Crippen LogP contribution in [0.2, 0.25) is 0 Å². The monoisotopic (exact) mass is 240 g/mol. The Bertz CT molecular complexity index is 443. The topological polar surface area (TPSA) is 0 Å². The van der Waals surface area contributed by atoms with Gasteiger partial charge in [-0.3, -0.25) is 0 Å². The van der Waals surface area contributed by atoms with Crippen molar-refractivity contribution in [1.29, 1.82) is 0 Å². The Kier molecular flexibility index (Phi) is 4.41. The van der Waals surface area contributed by atoms with Gasteiger partial charge in [-0.25, -0.2) is 0 Å². The van der Waals surface area contributed by atoms with Gasteiger partial charge in [0.1, 0.15) is 0 Å². The third kappa shape index (κ3) is 3.60. The zero-order valence-corrected chi connectivity index (χ0v) is 11.9. The van der Waals surface area contributed by atoms with E-state index in [2.05, 4.69) is 57.2 Å². The Labute approximate surface area is 111 Å². The van der Waals surface area contributed by atoms with Gasteiger partial charge in [0, 0.05) is 0 Å². The lowest BCUT2D eigenvalue weighted by Gasteiger charge is -2.16. The highest BCUT2D eigenvalue weighted by atomic mass is 14.1. The minimum absolute atomic E-state index is 0.589. The van der Waals surface area contributed by atoms with E-state index in [0.29, 0.717) is 5.92 Å². The summed E-state index contributed by atoms with van der Waals surface area (Å²) in [4.78, 5) is 0. The van der Waals surface area contributed by atoms with Crippen molar-refractivity contribution in [3.63, 3.8) is 0 Å². The predicted octanol–water partition coefficient (Wildman–Crippen LogP) is 5.45. The van der Waals surface area contributed by atoms with Crippen LogP contribution < -0.4 is 0 Å². The first-order valence-electron chi connectivity index (χ1n) is 7.10. The Hall–Kier alpha value is -1.30. The summed E-state index contributed by atoms with van der Waals surface area (Å²) in [5.74, 6) is 0.589. The minimum atomic E-state index is 0.589. The highest BCUT2D eigenvalue weighted by Gasteiger charge is 2.08. The molecule has 96 valence electrons. The van der Waals surface area contributed by atoms with Gasteiger partial charge >= 0.3 is 0 Å².